The summed E-state index contributed by atoms with van der Waals surface area (Å²) in [6, 6.07) is 12.7. The van der Waals surface area contributed by atoms with Crippen molar-refractivity contribution in [2.24, 2.45) is 0 Å². The minimum atomic E-state index is -0.369. The van der Waals surface area contributed by atoms with E-state index in [0.717, 1.165) is 10.6 Å². The van der Waals surface area contributed by atoms with Crippen molar-refractivity contribution in [3.05, 3.63) is 52.7 Å². The van der Waals surface area contributed by atoms with Gasteiger partial charge in [-0.1, -0.05) is 24.3 Å². The molecule has 0 saturated heterocycles. The van der Waals surface area contributed by atoms with Crippen molar-refractivity contribution in [3.8, 4) is 5.75 Å². The molecule has 23 heavy (non-hydrogen) atoms. The highest BCUT2D eigenvalue weighted by molar-refractivity contribution is 7.10. The Balaban J connectivity index is 1.83. The lowest BCUT2D eigenvalue weighted by atomic mass is 10.1. The summed E-state index contributed by atoms with van der Waals surface area (Å²) in [4.78, 5) is 24.5. The number of carbonyl (C=O) groups excluding carboxylic acids is 2. The fraction of sp³-hybridized carbons (Fsp3) is 0.294. The molecular weight excluding hydrogens is 314 g/mol. The van der Waals surface area contributed by atoms with E-state index < -0.39 is 0 Å². The van der Waals surface area contributed by atoms with Gasteiger partial charge in [-0.15, -0.1) is 11.3 Å². The van der Waals surface area contributed by atoms with Gasteiger partial charge in [0.1, 0.15) is 5.75 Å². The third-order valence-electron chi connectivity index (χ3n) is 3.16. The van der Waals surface area contributed by atoms with Crippen LogP contribution in [0.25, 0.3) is 0 Å². The lowest BCUT2D eigenvalue weighted by molar-refractivity contribution is -0.141. The van der Waals surface area contributed by atoms with E-state index in [4.69, 9.17) is 4.74 Å². The van der Waals surface area contributed by atoms with Gasteiger partial charge in [0, 0.05) is 4.88 Å². The van der Waals surface area contributed by atoms with Crippen LogP contribution in [0.15, 0.2) is 47.8 Å². The second-order valence-electron chi connectivity index (χ2n) is 4.83. The minimum absolute atomic E-state index is 0.113. The zero-order chi connectivity index (χ0) is 16.5. The van der Waals surface area contributed by atoms with Gasteiger partial charge in [0.05, 0.1) is 32.6 Å². The Bertz CT molecular complexity index is 613. The number of esters is 1. The van der Waals surface area contributed by atoms with Crippen molar-refractivity contribution in [3.63, 3.8) is 0 Å². The van der Waals surface area contributed by atoms with Crippen molar-refractivity contribution >= 4 is 23.2 Å². The molecule has 1 aromatic carbocycles. The minimum Gasteiger partial charge on any atom is -0.493 e. The number of hydrogen-bond donors (Lipinski definition) is 1. The number of ether oxygens (including phenoxy) is 2. The molecule has 2 aromatic rings. The Morgan fingerprint density at radius 3 is 2.61 bits per heavy atom. The van der Waals surface area contributed by atoms with Gasteiger partial charge in [0.2, 0.25) is 5.91 Å². The average molecular weight is 333 g/mol. The van der Waals surface area contributed by atoms with Crippen LogP contribution in [-0.2, 0) is 14.3 Å². The topological polar surface area (TPSA) is 64.6 Å². The largest absolute Gasteiger partial charge is 0.493 e. The average Bonchev–Trinajstić information content (AvgIpc) is 3.09. The number of methoxy groups -OCH3 is 1. The highest BCUT2D eigenvalue weighted by Gasteiger charge is 2.19. The van der Waals surface area contributed by atoms with Crippen LogP contribution in [0.4, 0.5) is 0 Å². The fourth-order valence-electron chi connectivity index (χ4n) is 2.01. The van der Waals surface area contributed by atoms with Crippen LogP contribution in [0.5, 0.6) is 5.75 Å². The second-order valence-corrected chi connectivity index (χ2v) is 5.81. The third kappa shape index (κ3) is 5.75. The van der Waals surface area contributed by atoms with Gasteiger partial charge in [-0.2, -0.15) is 0 Å². The first kappa shape index (κ1) is 17.0. The van der Waals surface area contributed by atoms with Gasteiger partial charge in [0.15, 0.2) is 0 Å². The Kier molecular flexibility index (Phi) is 6.62. The van der Waals surface area contributed by atoms with E-state index >= 15 is 0 Å². The molecule has 1 N–H and O–H groups in total. The molecule has 0 saturated carbocycles. The molecule has 1 amide bonds. The highest BCUT2D eigenvalue weighted by Crippen LogP contribution is 2.22. The summed E-state index contributed by atoms with van der Waals surface area (Å²) >= 11 is 1.49. The molecule has 1 atom stereocenters. The standard InChI is InChI=1S/C17H19NO4S/c1-21-17(20)12-14(15-8-5-11-23-15)18-16(19)9-10-22-13-6-3-2-4-7-13/h2-8,11,14H,9-10,12H2,1H3,(H,18,19). The van der Waals surface area contributed by atoms with Crippen molar-refractivity contribution in [1.82, 2.24) is 5.32 Å². The molecule has 0 fully saturated rings. The smallest absolute Gasteiger partial charge is 0.307 e. The summed E-state index contributed by atoms with van der Waals surface area (Å²) in [5, 5.41) is 4.77. The number of thiophene rings is 1. The van der Waals surface area contributed by atoms with Gasteiger partial charge < -0.3 is 14.8 Å². The lowest BCUT2D eigenvalue weighted by Gasteiger charge is -2.16. The van der Waals surface area contributed by atoms with Gasteiger partial charge in [-0.3, -0.25) is 9.59 Å². The predicted octanol–water partition coefficient (Wildman–Crippen LogP) is 2.94. The van der Waals surface area contributed by atoms with Gasteiger partial charge in [-0.05, 0) is 23.6 Å². The summed E-state index contributed by atoms with van der Waals surface area (Å²) in [7, 11) is 1.34. The van der Waals surface area contributed by atoms with E-state index in [9.17, 15) is 9.59 Å². The first-order chi connectivity index (χ1) is 11.2. The number of nitrogens with one attached hydrogen (secondary N) is 1. The van der Waals surface area contributed by atoms with Crippen LogP contribution >= 0.6 is 11.3 Å². The molecule has 1 heterocycles. The third-order valence-corrected chi connectivity index (χ3v) is 4.15. The van der Waals surface area contributed by atoms with Crippen LogP contribution in [-0.4, -0.2) is 25.6 Å². The Morgan fingerprint density at radius 2 is 1.96 bits per heavy atom. The molecule has 1 unspecified atom stereocenters. The van der Waals surface area contributed by atoms with E-state index in [2.05, 4.69) is 10.1 Å². The molecule has 0 aliphatic heterocycles. The molecule has 0 spiro atoms. The molecule has 2 rings (SSSR count). The van der Waals surface area contributed by atoms with Crippen LogP contribution in [0.1, 0.15) is 23.8 Å². The number of carbonyl (C=O) groups is 2. The summed E-state index contributed by atoms with van der Waals surface area (Å²) in [5.41, 5.74) is 0. The second kappa shape index (κ2) is 8.95. The molecule has 0 aliphatic rings. The summed E-state index contributed by atoms with van der Waals surface area (Å²) < 4.78 is 10.2. The molecule has 0 bridgehead atoms. The summed E-state index contributed by atoms with van der Waals surface area (Å²) in [6.45, 7) is 0.283. The van der Waals surface area contributed by atoms with Crippen LogP contribution in [0, 0.1) is 0 Å². The van der Waals surface area contributed by atoms with Crippen molar-refractivity contribution in [2.75, 3.05) is 13.7 Å². The van der Waals surface area contributed by atoms with Crippen LogP contribution in [0.2, 0.25) is 0 Å². The van der Waals surface area contributed by atoms with E-state index in [1.54, 1.807) is 0 Å². The number of benzene rings is 1. The Labute approximate surface area is 139 Å². The van der Waals surface area contributed by atoms with Crippen molar-refractivity contribution < 1.29 is 19.1 Å². The van der Waals surface area contributed by atoms with Crippen molar-refractivity contribution in [1.29, 1.82) is 0 Å². The summed E-state index contributed by atoms with van der Waals surface area (Å²) in [5.74, 6) is 0.206. The van der Waals surface area contributed by atoms with E-state index in [0.29, 0.717) is 0 Å². The first-order valence-electron chi connectivity index (χ1n) is 7.26. The normalized spacial score (nSPS) is 11.5. The van der Waals surface area contributed by atoms with Gasteiger partial charge in [-0.25, -0.2) is 0 Å². The van der Waals surface area contributed by atoms with Gasteiger partial charge >= 0.3 is 5.97 Å². The number of amides is 1. The highest BCUT2D eigenvalue weighted by atomic mass is 32.1. The molecule has 122 valence electrons. The zero-order valence-electron chi connectivity index (χ0n) is 12.9. The number of para-hydroxylation sites is 1. The molecule has 0 radical (unpaired) electrons. The fourth-order valence-corrected chi connectivity index (χ4v) is 2.79. The molecular formula is C17H19NO4S. The molecule has 6 heteroatoms. The van der Waals surface area contributed by atoms with Crippen molar-refractivity contribution in [2.45, 2.75) is 18.9 Å². The number of hydrogen-bond acceptors (Lipinski definition) is 5. The predicted molar refractivity (Wildman–Crippen MR) is 88.4 cm³/mol. The Hall–Kier alpha value is -2.34. The number of rotatable bonds is 8. The van der Waals surface area contributed by atoms with E-state index in [1.165, 1.54) is 18.4 Å². The molecule has 0 aliphatic carbocycles. The zero-order valence-corrected chi connectivity index (χ0v) is 13.7. The monoisotopic (exact) mass is 333 g/mol. The van der Waals surface area contributed by atoms with E-state index in [1.807, 2.05) is 47.8 Å². The molecule has 1 aromatic heterocycles. The molecule has 5 nitrogen and oxygen atoms in total. The SMILES string of the molecule is COC(=O)CC(NC(=O)CCOc1ccccc1)c1cccs1. The summed E-state index contributed by atoms with van der Waals surface area (Å²) in [6.07, 6.45) is 0.334. The maximum atomic E-state index is 12.1. The maximum Gasteiger partial charge on any atom is 0.307 e. The van der Waals surface area contributed by atoms with Gasteiger partial charge in [0.25, 0.3) is 0 Å². The van der Waals surface area contributed by atoms with Crippen LogP contribution < -0.4 is 10.1 Å². The lowest BCUT2D eigenvalue weighted by Crippen LogP contribution is -2.30. The van der Waals surface area contributed by atoms with E-state index in [-0.39, 0.29) is 37.4 Å². The Morgan fingerprint density at radius 1 is 1.17 bits per heavy atom. The quantitative estimate of drug-likeness (QED) is 0.755. The first-order valence-corrected chi connectivity index (χ1v) is 8.14. The maximum absolute atomic E-state index is 12.1. The van der Waals surface area contributed by atoms with Crippen LogP contribution in [0.3, 0.4) is 0 Å².